The van der Waals surface area contributed by atoms with Gasteiger partial charge >= 0.3 is 5.97 Å². The molecule has 1 N–H and O–H groups in total. The maximum atomic E-state index is 11.8. The van der Waals surface area contributed by atoms with Crippen LogP contribution in [-0.4, -0.2) is 29.1 Å². The van der Waals surface area contributed by atoms with E-state index in [4.69, 9.17) is 4.74 Å². The number of Topliss-reactive ketones (excluding diaryl/α,β-unsaturated/α-hetero) is 1. The Kier molecular flexibility index (Phi) is 4.08. The summed E-state index contributed by atoms with van der Waals surface area (Å²) in [7, 11) is 0. The van der Waals surface area contributed by atoms with E-state index in [9.17, 15) is 14.7 Å². The number of esters is 1. The fourth-order valence-electron chi connectivity index (χ4n) is 2.16. The lowest BCUT2D eigenvalue weighted by Gasteiger charge is -2.36. The van der Waals surface area contributed by atoms with E-state index >= 15 is 0 Å². The number of aliphatic hydroxyl groups is 1. The molecule has 5 unspecified atom stereocenters. The molecule has 0 spiro atoms. The molecule has 5 atom stereocenters. The number of hydrogen-bond donors (Lipinski definition) is 1. The molecule has 1 aliphatic rings. The molecule has 0 aliphatic carbocycles. The van der Waals surface area contributed by atoms with Crippen LogP contribution in [0.1, 0.15) is 34.1 Å². The Hall–Kier alpha value is -0.900. The van der Waals surface area contributed by atoms with Gasteiger partial charge in [0.2, 0.25) is 0 Å². The number of cyclic esters (lactones) is 1. The van der Waals surface area contributed by atoms with Crippen LogP contribution < -0.4 is 0 Å². The third kappa shape index (κ3) is 2.26. The van der Waals surface area contributed by atoms with Crippen LogP contribution in [0.3, 0.4) is 0 Å². The summed E-state index contributed by atoms with van der Waals surface area (Å²) in [5.74, 6) is -1.76. The number of carbonyl (C=O) groups is 2. The minimum Gasteiger partial charge on any atom is -0.461 e. The first-order chi connectivity index (χ1) is 7.40. The van der Waals surface area contributed by atoms with Crippen molar-refractivity contribution in [1.29, 1.82) is 0 Å². The minimum atomic E-state index is -0.669. The van der Waals surface area contributed by atoms with Crippen LogP contribution in [0.4, 0.5) is 0 Å². The Morgan fingerprint density at radius 2 is 1.94 bits per heavy atom. The van der Waals surface area contributed by atoms with Gasteiger partial charge in [0.05, 0.1) is 12.0 Å². The van der Waals surface area contributed by atoms with Gasteiger partial charge in [0.1, 0.15) is 12.0 Å². The Morgan fingerprint density at radius 1 is 1.38 bits per heavy atom. The van der Waals surface area contributed by atoms with Crippen LogP contribution in [-0.2, 0) is 14.3 Å². The maximum absolute atomic E-state index is 11.8. The molecule has 16 heavy (non-hydrogen) atoms. The van der Waals surface area contributed by atoms with Crippen LogP contribution in [0.5, 0.6) is 0 Å². The normalized spacial score (nSPS) is 34.4. The molecule has 0 amide bonds. The zero-order chi connectivity index (χ0) is 12.5. The van der Waals surface area contributed by atoms with Gasteiger partial charge in [0.15, 0.2) is 5.78 Å². The molecule has 0 aromatic carbocycles. The zero-order valence-electron chi connectivity index (χ0n) is 10.3. The molecule has 0 aromatic rings. The monoisotopic (exact) mass is 228 g/mol. The van der Waals surface area contributed by atoms with Gasteiger partial charge in [-0.05, 0) is 13.3 Å². The number of aliphatic hydroxyl groups excluding tert-OH is 1. The summed E-state index contributed by atoms with van der Waals surface area (Å²) in [5.41, 5.74) is 0. The molecule has 0 saturated carbocycles. The van der Waals surface area contributed by atoms with Gasteiger partial charge in [-0.1, -0.05) is 20.8 Å². The summed E-state index contributed by atoms with van der Waals surface area (Å²) < 4.78 is 5.25. The van der Waals surface area contributed by atoms with Gasteiger partial charge in [-0.2, -0.15) is 0 Å². The van der Waals surface area contributed by atoms with Crippen LogP contribution in [0.2, 0.25) is 0 Å². The van der Waals surface area contributed by atoms with E-state index in [1.165, 1.54) is 0 Å². The second-order valence-electron chi connectivity index (χ2n) is 4.65. The van der Waals surface area contributed by atoms with Crippen molar-refractivity contribution in [3.63, 3.8) is 0 Å². The van der Waals surface area contributed by atoms with Crippen LogP contribution in [0.25, 0.3) is 0 Å². The number of rotatable bonds is 3. The first kappa shape index (κ1) is 13.2. The molecule has 1 fully saturated rings. The van der Waals surface area contributed by atoms with Gasteiger partial charge in [0.25, 0.3) is 0 Å². The van der Waals surface area contributed by atoms with E-state index in [0.717, 1.165) is 0 Å². The van der Waals surface area contributed by atoms with Crippen LogP contribution in [0.15, 0.2) is 0 Å². The highest BCUT2D eigenvalue weighted by atomic mass is 16.5. The summed E-state index contributed by atoms with van der Waals surface area (Å²) in [6.45, 7) is 7.00. The topological polar surface area (TPSA) is 63.6 Å². The van der Waals surface area contributed by atoms with Crippen molar-refractivity contribution in [2.45, 2.75) is 46.3 Å². The first-order valence-corrected chi connectivity index (χ1v) is 5.82. The molecule has 0 aromatic heterocycles. The third-order valence-electron chi connectivity index (χ3n) is 3.52. The number of hydrogen-bond acceptors (Lipinski definition) is 4. The Bertz CT molecular complexity index is 287. The first-order valence-electron chi connectivity index (χ1n) is 5.82. The minimum absolute atomic E-state index is 0.0867. The molecule has 1 aliphatic heterocycles. The Morgan fingerprint density at radius 3 is 2.44 bits per heavy atom. The number of carbonyl (C=O) groups excluding carboxylic acids is 2. The second-order valence-corrected chi connectivity index (χ2v) is 4.65. The molecule has 92 valence electrons. The standard InChI is InChI=1S/C12H20O4/c1-5-9(13)6(2)11-7(3)10(14)8(4)12(15)16-11/h6-9,11,13H,5H2,1-4H3. The fraction of sp³-hybridized carbons (Fsp3) is 0.833. The quantitative estimate of drug-likeness (QED) is 0.581. The lowest BCUT2D eigenvalue weighted by atomic mass is 9.80. The van der Waals surface area contributed by atoms with E-state index in [0.29, 0.717) is 6.42 Å². The number of ketones is 1. The Balaban J connectivity index is 2.81. The highest BCUT2D eigenvalue weighted by Crippen LogP contribution is 2.29. The maximum Gasteiger partial charge on any atom is 0.316 e. The molecule has 0 bridgehead atoms. The molecule has 4 nitrogen and oxygen atoms in total. The predicted molar refractivity (Wildman–Crippen MR) is 58.7 cm³/mol. The second kappa shape index (κ2) is 4.95. The van der Waals surface area contributed by atoms with Crippen LogP contribution in [0, 0.1) is 17.8 Å². The van der Waals surface area contributed by atoms with Crippen molar-refractivity contribution < 1.29 is 19.4 Å². The van der Waals surface area contributed by atoms with Crippen LogP contribution >= 0.6 is 0 Å². The molecule has 0 radical (unpaired) electrons. The average Bonchev–Trinajstić information content (AvgIpc) is 2.29. The zero-order valence-corrected chi connectivity index (χ0v) is 10.3. The van der Waals surface area contributed by atoms with E-state index < -0.39 is 24.1 Å². The van der Waals surface area contributed by atoms with E-state index in [1.807, 2.05) is 13.8 Å². The van der Waals surface area contributed by atoms with Crippen molar-refractivity contribution in [3.05, 3.63) is 0 Å². The molecule has 4 heteroatoms. The molecule has 1 heterocycles. The van der Waals surface area contributed by atoms with Gasteiger partial charge < -0.3 is 9.84 Å². The largest absolute Gasteiger partial charge is 0.461 e. The number of ether oxygens (including phenoxy) is 1. The van der Waals surface area contributed by atoms with Gasteiger partial charge in [-0.3, -0.25) is 9.59 Å². The van der Waals surface area contributed by atoms with Gasteiger partial charge in [-0.25, -0.2) is 0 Å². The van der Waals surface area contributed by atoms with E-state index in [-0.39, 0.29) is 17.6 Å². The van der Waals surface area contributed by atoms with Crippen molar-refractivity contribution in [2.75, 3.05) is 0 Å². The predicted octanol–water partition coefficient (Wildman–Crippen LogP) is 1.16. The highest BCUT2D eigenvalue weighted by Gasteiger charge is 2.43. The van der Waals surface area contributed by atoms with Gasteiger partial charge in [-0.15, -0.1) is 0 Å². The SMILES string of the molecule is CCC(O)C(C)C1OC(=O)C(C)C(=O)C1C. The van der Waals surface area contributed by atoms with E-state index in [1.54, 1.807) is 13.8 Å². The smallest absolute Gasteiger partial charge is 0.316 e. The molecular formula is C12H20O4. The van der Waals surface area contributed by atoms with Crippen molar-refractivity contribution in [3.8, 4) is 0 Å². The lowest BCUT2D eigenvalue weighted by Crippen LogP contribution is -2.48. The lowest BCUT2D eigenvalue weighted by molar-refractivity contribution is -0.175. The summed E-state index contributed by atoms with van der Waals surface area (Å²) in [6.07, 6.45) is -0.446. The fourth-order valence-corrected chi connectivity index (χ4v) is 2.16. The molecule has 1 rings (SSSR count). The van der Waals surface area contributed by atoms with E-state index in [2.05, 4.69) is 0 Å². The Labute approximate surface area is 96.0 Å². The summed E-state index contributed by atoms with van der Waals surface area (Å²) in [6, 6.07) is 0. The highest BCUT2D eigenvalue weighted by molar-refractivity contribution is 6.01. The van der Waals surface area contributed by atoms with Crippen molar-refractivity contribution in [2.24, 2.45) is 17.8 Å². The van der Waals surface area contributed by atoms with Gasteiger partial charge in [0, 0.05) is 5.92 Å². The van der Waals surface area contributed by atoms with Crippen molar-refractivity contribution >= 4 is 11.8 Å². The third-order valence-corrected chi connectivity index (χ3v) is 3.52. The van der Waals surface area contributed by atoms with Crippen molar-refractivity contribution in [1.82, 2.24) is 0 Å². The molecular weight excluding hydrogens is 208 g/mol. The summed E-state index contributed by atoms with van der Waals surface area (Å²) >= 11 is 0. The average molecular weight is 228 g/mol. The summed E-state index contributed by atoms with van der Waals surface area (Å²) in [5, 5.41) is 9.73. The molecule has 1 saturated heterocycles. The summed E-state index contributed by atoms with van der Waals surface area (Å²) in [4.78, 5) is 23.2.